The number of amides is 2. The molecule has 7 nitrogen and oxygen atoms in total. The number of anilines is 2. The van der Waals surface area contributed by atoms with Gasteiger partial charge < -0.3 is 9.47 Å². The fourth-order valence-corrected chi connectivity index (χ4v) is 5.23. The Hall–Kier alpha value is -3.59. The number of hydrogen-bond donors (Lipinski definition) is 0. The summed E-state index contributed by atoms with van der Waals surface area (Å²) in [7, 11) is -4.22. The normalized spacial score (nSPS) is 16.4. The van der Waals surface area contributed by atoms with Crippen molar-refractivity contribution in [2.75, 3.05) is 16.0 Å². The second-order valence-electron chi connectivity index (χ2n) is 7.23. The predicted octanol–water partition coefficient (Wildman–Crippen LogP) is 4.20. The number of para-hydroxylation sites is 1. The molecule has 0 aliphatic carbocycles. The highest BCUT2D eigenvalue weighted by Crippen LogP contribution is 2.39. The first kappa shape index (κ1) is 19.4. The standard InChI is InChI=1S/C22H17FN2O5S/c1-14-6-8-16(11-17(14)23)25-22(26)24(18-4-2-3-5-21(18)31(25,27)28)12-15-7-9-19-20(10-15)30-13-29-19/h2-11H,12-13H2,1H3. The zero-order valence-electron chi connectivity index (χ0n) is 16.4. The highest BCUT2D eigenvalue weighted by Gasteiger charge is 2.42. The second-order valence-corrected chi connectivity index (χ2v) is 8.98. The van der Waals surface area contributed by atoms with E-state index in [9.17, 15) is 17.6 Å². The maximum atomic E-state index is 14.2. The highest BCUT2D eigenvalue weighted by molar-refractivity contribution is 7.94. The van der Waals surface area contributed by atoms with E-state index in [0.717, 1.165) is 11.6 Å². The first-order valence-corrected chi connectivity index (χ1v) is 10.9. The Morgan fingerprint density at radius 2 is 1.77 bits per heavy atom. The van der Waals surface area contributed by atoms with Gasteiger partial charge in [0.05, 0.1) is 17.9 Å². The van der Waals surface area contributed by atoms with Crippen LogP contribution in [-0.4, -0.2) is 21.2 Å². The molecule has 0 saturated carbocycles. The molecule has 0 spiro atoms. The van der Waals surface area contributed by atoms with Crippen LogP contribution < -0.4 is 18.7 Å². The molecule has 31 heavy (non-hydrogen) atoms. The van der Waals surface area contributed by atoms with Crippen molar-refractivity contribution < 1.29 is 27.1 Å². The number of carbonyl (C=O) groups excluding carboxylic acids is 1. The molecular formula is C22H17FN2O5S. The van der Waals surface area contributed by atoms with Crippen molar-refractivity contribution in [3.05, 3.63) is 77.6 Å². The molecule has 2 heterocycles. The zero-order chi connectivity index (χ0) is 21.8. The van der Waals surface area contributed by atoms with E-state index in [0.29, 0.717) is 21.4 Å². The minimum absolute atomic E-state index is 0.0312. The van der Waals surface area contributed by atoms with E-state index in [1.807, 2.05) is 0 Å². The van der Waals surface area contributed by atoms with Crippen LogP contribution in [0.25, 0.3) is 0 Å². The Kier molecular flexibility index (Phi) is 4.37. The number of aryl methyl sites for hydroxylation is 1. The van der Waals surface area contributed by atoms with Crippen LogP contribution in [0.1, 0.15) is 11.1 Å². The van der Waals surface area contributed by atoms with Crippen molar-refractivity contribution >= 4 is 27.4 Å². The molecular weight excluding hydrogens is 423 g/mol. The molecule has 0 aromatic heterocycles. The van der Waals surface area contributed by atoms with Gasteiger partial charge in [-0.15, -0.1) is 0 Å². The van der Waals surface area contributed by atoms with Gasteiger partial charge in [0.1, 0.15) is 10.7 Å². The second kappa shape index (κ2) is 6.98. The van der Waals surface area contributed by atoms with E-state index in [4.69, 9.17) is 9.47 Å². The average Bonchev–Trinajstić information content (AvgIpc) is 3.21. The lowest BCUT2D eigenvalue weighted by Crippen LogP contribution is -2.50. The number of ether oxygens (including phenoxy) is 2. The lowest BCUT2D eigenvalue weighted by molar-refractivity contribution is 0.174. The first-order chi connectivity index (χ1) is 14.9. The van der Waals surface area contributed by atoms with Crippen molar-refractivity contribution in [3.63, 3.8) is 0 Å². The summed E-state index contributed by atoms with van der Waals surface area (Å²) >= 11 is 0. The molecule has 2 amide bonds. The molecule has 2 aliphatic rings. The smallest absolute Gasteiger partial charge is 0.343 e. The molecule has 0 radical (unpaired) electrons. The lowest BCUT2D eigenvalue weighted by atomic mass is 10.1. The Balaban J connectivity index is 1.62. The zero-order valence-corrected chi connectivity index (χ0v) is 17.2. The summed E-state index contributed by atoms with van der Waals surface area (Å²) in [6, 6.07) is 14.6. The third-order valence-corrected chi connectivity index (χ3v) is 7.00. The van der Waals surface area contributed by atoms with Gasteiger partial charge in [0.2, 0.25) is 6.79 Å². The van der Waals surface area contributed by atoms with Gasteiger partial charge in [-0.05, 0) is 54.4 Å². The van der Waals surface area contributed by atoms with Crippen molar-refractivity contribution in [2.45, 2.75) is 18.4 Å². The third kappa shape index (κ3) is 3.09. The number of urea groups is 1. The van der Waals surface area contributed by atoms with Crippen LogP contribution >= 0.6 is 0 Å². The van der Waals surface area contributed by atoms with Gasteiger partial charge in [0, 0.05) is 0 Å². The minimum Gasteiger partial charge on any atom is -0.454 e. The molecule has 3 aromatic rings. The Morgan fingerprint density at radius 3 is 2.58 bits per heavy atom. The van der Waals surface area contributed by atoms with Crippen molar-refractivity contribution in [1.82, 2.24) is 0 Å². The van der Waals surface area contributed by atoms with Crippen molar-refractivity contribution in [1.29, 1.82) is 0 Å². The van der Waals surface area contributed by atoms with E-state index in [1.165, 1.54) is 23.1 Å². The van der Waals surface area contributed by atoms with E-state index < -0.39 is 21.9 Å². The van der Waals surface area contributed by atoms with Gasteiger partial charge in [0.25, 0.3) is 10.0 Å². The van der Waals surface area contributed by atoms with Crippen LogP contribution in [0.4, 0.5) is 20.6 Å². The summed E-state index contributed by atoms with van der Waals surface area (Å²) < 4.78 is 52.1. The van der Waals surface area contributed by atoms with E-state index in [2.05, 4.69) is 0 Å². The number of fused-ring (bicyclic) bond motifs is 2. The molecule has 3 aromatic carbocycles. The van der Waals surface area contributed by atoms with Gasteiger partial charge in [-0.2, -0.15) is 4.31 Å². The summed E-state index contributed by atoms with van der Waals surface area (Å²) in [6.07, 6.45) is 0. The molecule has 5 rings (SSSR count). The molecule has 2 aliphatic heterocycles. The third-order valence-electron chi connectivity index (χ3n) is 5.25. The molecule has 0 atom stereocenters. The number of sulfonamides is 1. The predicted molar refractivity (Wildman–Crippen MR) is 111 cm³/mol. The maximum absolute atomic E-state index is 14.2. The lowest BCUT2D eigenvalue weighted by Gasteiger charge is -2.36. The largest absolute Gasteiger partial charge is 0.454 e. The molecule has 0 saturated heterocycles. The summed E-state index contributed by atoms with van der Waals surface area (Å²) in [5.74, 6) is 0.565. The minimum atomic E-state index is -4.22. The Labute approximate surface area is 178 Å². The number of nitrogens with zero attached hydrogens (tertiary/aromatic N) is 2. The maximum Gasteiger partial charge on any atom is 0.343 e. The van der Waals surface area contributed by atoms with E-state index >= 15 is 0 Å². The van der Waals surface area contributed by atoms with Crippen LogP contribution in [0.2, 0.25) is 0 Å². The van der Waals surface area contributed by atoms with Crippen LogP contribution in [0.5, 0.6) is 11.5 Å². The quantitative estimate of drug-likeness (QED) is 0.610. The molecule has 0 fully saturated rings. The number of rotatable bonds is 3. The van der Waals surface area contributed by atoms with Crippen molar-refractivity contribution in [2.24, 2.45) is 0 Å². The van der Waals surface area contributed by atoms with Gasteiger partial charge in [-0.3, -0.25) is 4.90 Å². The Bertz CT molecular complexity index is 1330. The number of halogens is 1. The van der Waals surface area contributed by atoms with Crippen LogP contribution in [-0.2, 0) is 16.6 Å². The number of benzene rings is 3. The number of hydrogen-bond acceptors (Lipinski definition) is 5. The Morgan fingerprint density at radius 1 is 1.00 bits per heavy atom. The van der Waals surface area contributed by atoms with Crippen LogP contribution in [0, 0.1) is 12.7 Å². The van der Waals surface area contributed by atoms with Crippen LogP contribution in [0.3, 0.4) is 0 Å². The van der Waals surface area contributed by atoms with Gasteiger partial charge in [-0.25, -0.2) is 17.6 Å². The topological polar surface area (TPSA) is 76.2 Å². The monoisotopic (exact) mass is 440 g/mol. The first-order valence-electron chi connectivity index (χ1n) is 9.47. The van der Waals surface area contributed by atoms with E-state index in [1.54, 1.807) is 43.3 Å². The van der Waals surface area contributed by atoms with E-state index in [-0.39, 0.29) is 29.6 Å². The molecule has 158 valence electrons. The summed E-state index contributed by atoms with van der Waals surface area (Å²) in [6.45, 7) is 1.77. The molecule has 0 N–H and O–H groups in total. The van der Waals surface area contributed by atoms with Gasteiger partial charge in [-0.1, -0.05) is 24.3 Å². The SMILES string of the molecule is Cc1ccc(N2C(=O)N(Cc3ccc4c(c3)OCO4)c3ccccc3S2(=O)=O)cc1F. The summed E-state index contributed by atoms with van der Waals surface area (Å²) in [4.78, 5) is 14.8. The highest BCUT2D eigenvalue weighted by atomic mass is 32.2. The van der Waals surface area contributed by atoms with Gasteiger partial charge >= 0.3 is 6.03 Å². The average molecular weight is 440 g/mol. The summed E-state index contributed by atoms with van der Waals surface area (Å²) in [5, 5.41) is 0. The molecule has 9 heteroatoms. The fourth-order valence-electron chi connectivity index (χ4n) is 3.64. The number of carbonyl (C=O) groups is 1. The molecule has 0 bridgehead atoms. The fraction of sp³-hybridized carbons (Fsp3) is 0.136. The summed E-state index contributed by atoms with van der Waals surface area (Å²) in [5.41, 5.74) is 1.28. The van der Waals surface area contributed by atoms with Crippen molar-refractivity contribution in [3.8, 4) is 11.5 Å². The van der Waals surface area contributed by atoms with Gasteiger partial charge in [0.15, 0.2) is 11.5 Å². The molecule has 0 unspecified atom stereocenters. The van der Waals surface area contributed by atoms with Crippen LogP contribution in [0.15, 0.2) is 65.6 Å².